The molecule has 1 fully saturated rings. The summed E-state index contributed by atoms with van der Waals surface area (Å²) in [4.78, 5) is 6.63. The maximum Gasteiger partial charge on any atom is 0.141 e. The van der Waals surface area contributed by atoms with E-state index < -0.39 is 0 Å². The fourth-order valence-electron chi connectivity index (χ4n) is 2.24. The summed E-state index contributed by atoms with van der Waals surface area (Å²) in [5.41, 5.74) is 5.76. The number of aromatic nitrogens is 2. The van der Waals surface area contributed by atoms with Crippen LogP contribution in [0.2, 0.25) is 0 Å². The van der Waals surface area contributed by atoms with Crippen LogP contribution in [0.25, 0.3) is 0 Å². The molecule has 1 saturated heterocycles. The molecule has 0 amide bonds. The molecule has 0 radical (unpaired) electrons. The summed E-state index contributed by atoms with van der Waals surface area (Å²) in [6.07, 6.45) is 7.61. The van der Waals surface area contributed by atoms with Crippen molar-refractivity contribution in [3.05, 3.63) is 12.5 Å². The van der Waals surface area contributed by atoms with Gasteiger partial charge in [-0.05, 0) is 46.2 Å². The van der Waals surface area contributed by atoms with Crippen molar-refractivity contribution in [1.82, 2.24) is 14.5 Å². The van der Waals surface area contributed by atoms with Gasteiger partial charge in [-0.3, -0.25) is 0 Å². The van der Waals surface area contributed by atoms with Gasteiger partial charge in [-0.1, -0.05) is 0 Å². The largest absolute Gasteiger partial charge is 0.382 e. The van der Waals surface area contributed by atoms with Gasteiger partial charge in [0.1, 0.15) is 5.82 Å². The highest BCUT2D eigenvalue weighted by Crippen LogP contribution is 2.22. The van der Waals surface area contributed by atoms with Gasteiger partial charge in [0.15, 0.2) is 0 Å². The van der Waals surface area contributed by atoms with E-state index in [2.05, 4.69) is 28.3 Å². The molecule has 0 aliphatic carbocycles. The zero-order valence-corrected chi connectivity index (χ0v) is 10.3. The minimum Gasteiger partial charge on any atom is -0.382 e. The summed E-state index contributed by atoms with van der Waals surface area (Å²) in [7, 11) is 0. The third kappa shape index (κ3) is 2.55. The molecule has 1 aromatic heterocycles. The molecule has 2 heterocycles. The second kappa shape index (κ2) is 4.45. The van der Waals surface area contributed by atoms with Crippen molar-refractivity contribution in [1.29, 1.82) is 0 Å². The first-order chi connectivity index (χ1) is 7.58. The fraction of sp³-hybridized carbons (Fsp3) is 0.750. The van der Waals surface area contributed by atoms with Crippen molar-refractivity contribution in [2.75, 3.05) is 25.4 Å². The van der Waals surface area contributed by atoms with Gasteiger partial charge in [0.25, 0.3) is 0 Å². The third-order valence-electron chi connectivity index (χ3n) is 3.54. The monoisotopic (exact) mass is 222 g/mol. The Morgan fingerprint density at radius 1 is 1.38 bits per heavy atom. The molecule has 0 unspecified atom stereocenters. The number of nitrogens with two attached hydrogens (primary N) is 1. The molecule has 4 heteroatoms. The Kier molecular flexibility index (Phi) is 3.19. The number of imidazole rings is 1. The van der Waals surface area contributed by atoms with Crippen LogP contribution in [-0.2, 0) is 5.54 Å². The maximum atomic E-state index is 5.65. The van der Waals surface area contributed by atoms with E-state index in [9.17, 15) is 0 Å². The fourth-order valence-corrected chi connectivity index (χ4v) is 2.24. The Bertz CT molecular complexity index is 337. The standard InChI is InChI=1S/C12H22N4/c1-12(2,16-9-11(13)14-10-16)5-8-15-6-3-4-7-15/h9-10H,3-8,13H2,1-2H3. The van der Waals surface area contributed by atoms with Gasteiger partial charge in [-0.2, -0.15) is 0 Å². The number of nitrogens with zero attached hydrogens (tertiary/aromatic N) is 3. The van der Waals surface area contributed by atoms with Gasteiger partial charge in [0.2, 0.25) is 0 Å². The maximum absolute atomic E-state index is 5.65. The SMILES string of the molecule is CC(C)(CCN1CCCC1)n1cnc(N)c1. The van der Waals surface area contributed by atoms with Crippen LogP contribution in [-0.4, -0.2) is 34.1 Å². The Hall–Kier alpha value is -1.03. The summed E-state index contributed by atoms with van der Waals surface area (Å²) >= 11 is 0. The molecule has 0 saturated carbocycles. The van der Waals surface area contributed by atoms with E-state index in [0.29, 0.717) is 5.82 Å². The van der Waals surface area contributed by atoms with E-state index in [4.69, 9.17) is 5.73 Å². The van der Waals surface area contributed by atoms with E-state index in [1.165, 1.54) is 32.5 Å². The molecule has 90 valence electrons. The first-order valence-electron chi connectivity index (χ1n) is 6.10. The van der Waals surface area contributed by atoms with Gasteiger partial charge >= 0.3 is 0 Å². The predicted octanol–water partition coefficient (Wildman–Crippen LogP) is 1.69. The summed E-state index contributed by atoms with van der Waals surface area (Å²) in [5.74, 6) is 0.606. The number of hydrogen-bond donors (Lipinski definition) is 1. The second-order valence-electron chi connectivity index (χ2n) is 5.32. The third-order valence-corrected chi connectivity index (χ3v) is 3.54. The molecule has 1 aromatic rings. The average Bonchev–Trinajstić information content (AvgIpc) is 2.85. The zero-order chi connectivity index (χ0) is 11.6. The smallest absolute Gasteiger partial charge is 0.141 e. The van der Waals surface area contributed by atoms with E-state index in [0.717, 1.165) is 6.42 Å². The number of hydrogen-bond acceptors (Lipinski definition) is 3. The first kappa shape index (κ1) is 11.5. The van der Waals surface area contributed by atoms with Crippen LogP contribution in [0.3, 0.4) is 0 Å². The Morgan fingerprint density at radius 2 is 2.06 bits per heavy atom. The quantitative estimate of drug-likeness (QED) is 0.843. The van der Waals surface area contributed by atoms with Crippen LogP contribution in [0.4, 0.5) is 5.82 Å². The van der Waals surface area contributed by atoms with Crippen molar-refractivity contribution >= 4 is 5.82 Å². The lowest BCUT2D eigenvalue weighted by molar-refractivity contribution is 0.248. The molecule has 16 heavy (non-hydrogen) atoms. The predicted molar refractivity (Wildman–Crippen MR) is 66.3 cm³/mol. The summed E-state index contributed by atoms with van der Waals surface area (Å²) in [6.45, 7) is 8.18. The van der Waals surface area contributed by atoms with Crippen LogP contribution < -0.4 is 5.73 Å². The Morgan fingerprint density at radius 3 is 2.62 bits per heavy atom. The van der Waals surface area contributed by atoms with Crippen LogP contribution >= 0.6 is 0 Å². The number of likely N-dealkylation sites (tertiary alicyclic amines) is 1. The zero-order valence-electron chi connectivity index (χ0n) is 10.3. The van der Waals surface area contributed by atoms with Gasteiger partial charge in [-0.15, -0.1) is 0 Å². The highest BCUT2D eigenvalue weighted by atomic mass is 15.2. The normalized spacial score (nSPS) is 18.1. The summed E-state index contributed by atoms with van der Waals surface area (Å²) in [5, 5.41) is 0. The molecule has 0 aromatic carbocycles. The molecule has 1 aliphatic heterocycles. The number of rotatable bonds is 4. The lowest BCUT2D eigenvalue weighted by Gasteiger charge is -2.28. The van der Waals surface area contributed by atoms with Gasteiger partial charge in [0, 0.05) is 18.3 Å². The Balaban J connectivity index is 1.91. The van der Waals surface area contributed by atoms with Crippen molar-refractivity contribution < 1.29 is 0 Å². The van der Waals surface area contributed by atoms with Crippen molar-refractivity contribution in [3.8, 4) is 0 Å². The van der Waals surface area contributed by atoms with E-state index in [-0.39, 0.29) is 5.54 Å². The minimum absolute atomic E-state index is 0.104. The summed E-state index contributed by atoms with van der Waals surface area (Å²) < 4.78 is 2.12. The van der Waals surface area contributed by atoms with E-state index in [1.807, 2.05) is 12.5 Å². The van der Waals surface area contributed by atoms with Crippen LogP contribution in [0, 0.1) is 0 Å². The second-order valence-corrected chi connectivity index (χ2v) is 5.32. The van der Waals surface area contributed by atoms with Crippen molar-refractivity contribution in [2.24, 2.45) is 0 Å². The van der Waals surface area contributed by atoms with Crippen molar-refractivity contribution in [2.45, 2.75) is 38.6 Å². The first-order valence-corrected chi connectivity index (χ1v) is 6.10. The molecule has 4 nitrogen and oxygen atoms in total. The molecule has 2 rings (SSSR count). The van der Waals surface area contributed by atoms with E-state index >= 15 is 0 Å². The van der Waals surface area contributed by atoms with Gasteiger partial charge in [0.05, 0.1) is 6.33 Å². The molecule has 0 atom stereocenters. The van der Waals surface area contributed by atoms with Crippen molar-refractivity contribution in [3.63, 3.8) is 0 Å². The van der Waals surface area contributed by atoms with Crippen LogP contribution in [0.5, 0.6) is 0 Å². The van der Waals surface area contributed by atoms with Crippen LogP contribution in [0.15, 0.2) is 12.5 Å². The molecule has 1 aliphatic rings. The summed E-state index contributed by atoms with van der Waals surface area (Å²) in [6, 6.07) is 0. The minimum atomic E-state index is 0.104. The number of anilines is 1. The molecule has 0 bridgehead atoms. The lowest BCUT2D eigenvalue weighted by atomic mass is 10.0. The highest BCUT2D eigenvalue weighted by Gasteiger charge is 2.22. The van der Waals surface area contributed by atoms with Crippen LogP contribution in [0.1, 0.15) is 33.1 Å². The molecular formula is C12H22N4. The topological polar surface area (TPSA) is 47.1 Å². The molecular weight excluding hydrogens is 200 g/mol. The average molecular weight is 222 g/mol. The number of nitrogen functional groups attached to an aromatic ring is 1. The molecule has 0 spiro atoms. The Labute approximate surface area is 97.4 Å². The molecule has 2 N–H and O–H groups in total. The lowest BCUT2D eigenvalue weighted by Crippen LogP contribution is -2.31. The van der Waals surface area contributed by atoms with Gasteiger partial charge < -0.3 is 15.2 Å². The van der Waals surface area contributed by atoms with E-state index in [1.54, 1.807) is 0 Å². The highest BCUT2D eigenvalue weighted by molar-refractivity contribution is 5.23. The van der Waals surface area contributed by atoms with Gasteiger partial charge in [-0.25, -0.2) is 4.98 Å².